The number of nitrogens with zero attached hydrogens (tertiary/aromatic N) is 2. The van der Waals surface area contributed by atoms with E-state index < -0.39 is 0 Å². The van der Waals surface area contributed by atoms with Crippen molar-refractivity contribution in [1.82, 2.24) is 4.98 Å². The molecule has 2 heterocycles. The van der Waals surface area contributed by atoms with E-state index in [0.29, 0.717) is 5.92 Å². The minimum absolute atomic E-state index is 0.449. The van der Waals surface area contributed by atoms with E-state index >= 15 is 0 Å². The van der Waals surface area contributed by atoms with Gasteiger partial charge in [0.1, 0.15) is 7.05 Å². The van der Waals surface area contributed by atoms with Crippen LogP contribution in [-0.4, -0.2) is 4.98 Å². The Hall–Kier alpha value is -3.78. The lowest BCUT2D eigenvalue weighted by atomic mass is 9.87. The molecule has 162 valence electrons. The molecule has 2 nitrogen and oxygen atoms in total. The molecule has 0 aliphatic heterocycles. The second-order valence-electron chi connectivity index (χ2n) is 9.08. The molecular formula is C31H29N2+. The summed E-state index contributed by atoms with van der Waals surface area (Å²) in [7, 11) is 2.15. The first kappa shape index (κ1) is 21.1. The number of rotatable bonds is 4. The van der Waals surface area contributed by atoms with Crippen molar-refractivity contribution in [3.05, 3.63) is 109 Å². The fraction of sp³-hybridized carbons (Fsp3) is 0.161. The van der Waals surface area contributed by atoms with E-state index in [1.807, 2.05) is 18.5 Å². The van der Waals surface area contributed by atoms with Crippen molar-refractivity contribution in [1.29, 1.82) is 0 Å². The number of hydrogen-bond donors (Lipinski definition) is 0. The summed E-state index contributed by atoms with van der Waals surface area (Å²) in [6.45, 7) is 6.83. The third-order valence-electron chi connectivity index (χ3n) is 6.56. The van der Waals surface area contributed by atoms with Crippen LogP contribution in [0, 0.1) is 6.92 Å². The van der Waals surface area contributed by atoms with E-state index in [1.54, 1.807) is 0 Å². The van der Waals surface area contributed by atoms with Gasteiger partial charge in [0.25, 0.3) is 0 Å². The Morgan fingerprint density at radius 1 is 0.758 bits per heavy atom. The zero-order chi connectivity index (χ0) is 22.9. The van der Waals surface area contributed by atoms with E-state index in [0.717, 1.165) is 5.56 Å². The molecule has 0 amide bonds. The van der Waals surface area contributed by atoms with Gasteiger partial charge in [-0.25, -0.2) is 4.57 Å². The number of hydrogen-bond acceptors (Lipinski definition) is 1. The van der Waals surface area contributed by atoms with E-state index in [2.05, 4.69) is 116 Å². The van der Waals surface area contributed by atoms with Gasteiger partial charge in [0.05, 0.1) is 10.9 Å². The zero-order valence-electron chi connectivity index (χ0n) is 19.7. The van der Waals surface area contributed by atoms with Gasteiger partial charge in [-0.3, -0.25) is 4.98 Å². The van der Waals surface area contributed by atoms with Crippen LogP contribution in [0.2, 0.25) is 0 Å². The van der Waals surface area contributed by atoms with Gasteiger partial charge < -0.3 is 0 Å². The van der Waals surface area contributed by atoms with Crippen LogP contribution in [0.5, 0.6) is 0 Å². The standard InChI is InChI=1S/C31H29N2/c1-21(2)29-18-27(23-9-6-5-7-10-23)19-30(22(29)3)31-28-13-12-24(26-11-8-15-32-20-26)17-25(28)14-16-33(31)4/h5-21H,1-4H3/q+1. The highest BCUT2D eigenvalue weighted by Crippen LogP contribution is 2.37. The summed E-state index contributed by atoms with van der Waals surface area (Å²) < 4.78 is 2.26. The maximum atomic E-state index is 4.29. The lowest BCUT2D eigenvalue weighted by molar-refractivity contribution is -0.659. The summed E-state index contributed by atoms with van der Waals surface area (Å²) in [4.78, 5) is 4.29. The normalized spacial score (nSPS) is 11.3. The van der Waals surface area contributed by atoms with Crippen LogP contribution in [-0.2, 0) is 7.05 Å². The highest BCUT2D eigenvalue weighted by molar-refractivity contribution is 5.96. The van der Waals surface area contributed by atoms with Crippen LogP contribution in [0.4, 0.5) is 0 Å². The molecule has 3 aromatic carbocycles. The monoisotopic (exact) mass is 429 g/mol. The van der Waals surface area contributed by atoms with Crippen LogP contribution in [0.1, 0.15) is 30.9 Å². The van der Waals surface area contributed by atoms with E-state index in [1.165, 1.54) is 49.8 Å². The van der Waals surface area contributed by atoms with Crippen molar-refractivity contribution >= 4 is 10.8 Å². The van der Waals surface area contributed by atoms with Gasteiger partial charge in [-0.1, -0.05) is 62.4 Å². The molecule has 2 heteroatoms. The summed E-state index contributed by atoms with van der Waals surface area (Å²) in [6.07, 6.45) is 5.92. The molecule has 0 N–H and O–H groups in total. The third-order valence-corrected chi connectivity index (χ3v) is 6.56. The number of pyridine rings is 2. The van der Waals surface area contributed by atoms with Crippen molar-refractivity contribution in [2.45, 2.75) is 26.7 Å². The first-order valence-corrected chi connectivity index (χ1v) is 11.6. The molecule has 5 aromatic rings. The number of benzene rings is 3. The molecule has 0 atom stereocenters. The summed E-state index contributed by atoms with van der Waals surface area (Å²) in [5.41, 5.74) is 10.1. The molecule has 0 unspecified atom stereocenters. The van der Waals surface area contributed by atoms with E-state index in [-0.39, 0.29) is 0 Å². The summed E-state index contributed by atoms with van der Waals surface area (Å²) in [5.74, 6) is 0.449. The Balaban J connectivity index is 1.76. The summed E-state index contributed by atoms with van der Waals surface area (Å²) in [6, 6.07) is 28.5. The molecule has 2 aromatic heterocycles. The van der Waals surface area contributed by atoms with Crippen LogP contribution < -0.4 is 4.57 Å². The second kappa shape index (κ2) is 8.63. The van der Waals surface area contributed by atoms with Gasteiger partial charge in [-0.2, -0.15) is 0 Å². The fourth-order valence-electron chi connectivity index (χ4n) is 4.80. The molecule has 0 aliphatic rings. The molecule has 0 saturated heterocycles. The van der Waals surface area contributed by atoms with Crippen LogP contribution in [0.25, 0.3) is 44.3 Å². The topological polar surface area (TPSA) is 16.8 Å². The average molecular weight is 430 g/mol. The van der Waals surface area contributed by atoms with Crippen molar-refractivity contribution < 1.29 is 4.57 Å². The van der Waals surface area contributed by atoms with Crippen molar-refractivity contribution in [3.63, 3.8) is 0 Å². The molecule has 5 rings (SSSR count). The zero-order valence-corrected chi connectivity index (χ0v) is 19.7. The van der Waals surface area contributed by atoms with Gasteiger partial charge in [0, 0.05) is 24.0 Å². The molecule has 0 bridgehead atoms. The van der Waals surface area contributed by atoms with Gasteiger partial charge in [-0.15, -0.1) is 0 Å². The molecular weight excluding hydrogens is 400 g/mol. The summed E-state index contributed by atoms with van der Waals surface area (Å²) >= 11 is 0. The van der Waals surface area contributed by atoms with E-state index in [9.17, 15) is 0 Å². The lowest BCUT2D eigenvalue weighted by Gasteiger charge is -2.17. The minimum atomic E-state index is 0.449. The third kappa shape index (κ3) is 3.93. The van der Waals surface area contributed by atoms with Gasteiger partial charge in [-0.05, 0) is 70.3 Å². The van der Waals surface area contributed by atoms with E-state index in [4.69, 9.17) is 0 Å². The quantitative estimate of drug-likeness (QED) is 0.270. The highest BCUT2D eigenvalue weighted by Gasteiger charge is 2.21. The van der Waals surface area contributed by atoms with Crippen molar-refractivity contribution in [3.8, 4) is 33.5 Å². The smallest absolute Gasteiger partial charge is 0.220 e. The maximum Gasteiger partial charge on any atom is 0.220 e. The Morgan fingerprint density at radius 3 is 2.27 bits per heavy atom. The Bertz CT molecular complexity index is 1440. The molecule has 0 spiro atoms. The van der Waals surface area contributed by atoms with Crippen LogP contribution in [0.15, 0.2) is 97.5 Å². The van der Waals surface area contributed by atoms with Crippen molar-refractivity contribution in [2.75, 3.05) is 0 Å². The van der Waals surface area contributed by atoms with Gasteiger partial charge in [0.15, 0.2) is 6.20 Å². The molecule has 0 fully saturated rings. The molecule has 0 saturated carbocycles. The fourth-order valence-corrected chi connectivity index (χ4v) is 4.80. The Labute approximate surface area is 196 Å². The molecule has 0 radical (unpaired) electrons. The molecule has 0 aliphatic carbocycles. The minimum Gasteiger partial charge on any atom is -0.264 e. The number of aromatic nitrogens is 2. The predicted octanol–water partition coefficient (Wildman–Crippen LogP) is 7.49. The number of aryl methyl sites for hydroxylation is 1. The summed E-state index contributed by atoms with van der Waals surface area (Å²) in [5, 5.41) is 2.50. The van der Waals surface area contributed by atoms with Crippen molar-refractivity contribution in [2.24, 2.45) is 7.05 Å². The highest BCUT2D eigenvalue weighted by atomic mass is 14.9. The lowest BCUT2D eigenvalue weighted by Crippen LogP contribution is -2.30. The second-order valence-corrected chi connectivity index (χ2v) is 9.08. The number of fused-ring (bicyclic) bond motifs is 1. The van der Waals surface area contributed by atoms with Crippen LogP contribution in [0.3, 0.4) is 0 Å². The van der Waals surface area contributed by atoms with Crippen LogP contribution >= 0.6 is 0 Å². The SMILES string of the molecule is Cc1c(-c2c3ccc(-c4cccnc4)cc3cc[n+]2C)cc(-c2ccccc2)cc1C(C)C. The maximum absolute atomic E-state index is 4.29. The largest absolute Gasteiger partial charge is 0.264 e. The predicted molar refractivity (Wildman–Crippen MR) is 138 cm³/mol. The van der Waals surface area contributed by atoms with Gasteiger partial charge >= 0.3 is 0 Å². The first-order valence-electron chi connectivity index (χ1n) is 11.6. The first-order chi connectivity index (χ1) is 16.0. The Morgan fingerprint density at radius 2 is 1.55 bits per heavy atom. The molecule has 33 heavy (non-hydrogen) atoms. The Kier molecular flexibility index (Phi) is 5.51. The van der Waals surface area contributed by atoms with Gasteiger partial charge in [0.2, 0.25) is 5.69 Å². The average Bonchev–Trinajstić information content (AvgIpc) is 2.85.